The minimum absolute atomic E-state index is 0.109. The maximum absolute atomic E-state index is 14.4. The van der Waals surface area contributed by atoms with Crippen LogP contribution in [0.4, 0.5) is 10.1 Å². The van der Waals surface area contributed by atoms with E-state index in [4.69, 9.17) is 27.9 Å². The molecule has 6 atom stereocenters. The van der Waals surface area contributed by atoms with E-state index < -0.39 is 51.1 Å². The Morgan fingerprint density at radius 3 is 2.30 bits per heavy atom. The monoisotopic (exact) mass is 640 g/mol. The van der Waals surface area contributed by atoms with Gasteiger partial charge in [0.05, 0.1) is 24.6 Å². The van der Waals surface area contributed by atoms with E-state index in [-0.39, 0.29) is 47.9 Å². The number of phenols is 1. The summed E-state index contributed by atoms with van der Waals surface area (Å²) in [7, 11) is 1.41. The number of fused-ring (bicyclic) bond motifs is 4. The van der Waals surface area contributed by atoms with Gasteiger partial charge in [0.25, 0.3) is 11.8 Å². The van der Waals surface area contributed by atoms with Crippen molar-refractivity contribution >= 4 is 52.5 Å². The number of anilines is 1. The molecule has 2 aromatic carbocycles. The maximum atomic E-state index is 14.4. The van der Waals surface area contributed by atoms with E-state index in [0.29, 0.717) is 11.1 Å². The predicted octanol–water partition coefficient (Wildman–Crippen LogP) is 5.44. The zero-order valence-electron chi connectivity index (χ0n) is 24.0. The number of halogens is 3. The van der Waals surface area contributed by atoms with Crippen molar-refractivity contribution in [3.63, 3.8) is 0 Å². The summed E-state index contributed by atoms with van der Waals surface area (Å²) in [5.74, 6) is -5.67. The van der Waals surface area contributed by atoms with Gasteiger partial charge in [-0.15, -0.1) is 23.2 Å². The SMILES string of the molecule is COc1ccc(C2C3=CCC4C(=O)N(C5CCCCC5)C(=O)C4C3CC3(Cl)C(=O)N(c4ccc(F)cc4)C(=O)C23Cl)cc1O. The van der Waals surface area contributed by atoms with Gasteiger partial charge in [0.1, 0.15) is 5.82 Å². The molecule has 0 radical (unpaired) electrons. The highest BCUT2D eigenvalue weighted by atomic mass is 35.5. The number of benzene rings is 2. The van der Waals surface area contributed by atoms with E-state index in [9.17, 15) is 28.7 Å². The lowest BCUT2D eigenvalue weighted by atomic mass is 9.56. The lowest BCUT2D eigenvalue weighted by Crippen LogP contribution is -2.60. The number of nitrogens with zero attached hydrogens (tertiary/aromatic N) is 2. The Labute approximate surface area is 263 Å². The molecule has 0 aromatic heterocycles. The first-order valence-electron chi connectivity index (χ1n) is 15.0. The zero-order chi connectivity index (χ0) is 31.1. The zero-order valence-corrected chi connectivity index (χ0v) is 25.5. The molecule has 2 aliphatic heterocycles. The van der Waals surface area contributed by atoms with E-state index in [2.05, 4.69) is 0 Å². The van der Waals surface area contributed by atoms with Crippen LogP contribution in [0, 0.1) is 23.6 Å². The second-order valence-corrected chi connectivity index (χ2v) is 13.8. The first-order valence-corrected chi connectivity index (χ1v) is 15.7. The van der Waals surface area contributed by atoms with Crippen molar-refractivity contribution in [2.45, 2.75) is 66.7 Å². The minimum Gasteiger partial charge on any atom is -0.504 e. The topological polar surface area (TPSA) is 104 Å². The number of carbonyl (C=O) groups is 4. The van der Waals surface area contributed by atoms with Gasteiger partial charge in [-0.05, 0) is 73.6 Å². The number of hydrogen-bond acceptors (Lipinski definition) is 6. The number of phenolic OH excluding ortho intramolecular Hbond substituents is 1. The lowest BCUT2D eigenvalue weighted by molar-refractivity contribution is -0.143. The number of amides is 4. The molecule has 230 valence electrons. The molecule has 44 heavy (non-hydrogen) atoms. The Morgan fingerprint density at radius 2 is 1.64 bits per heavy atom. The highest BCUT2D eigenvalue weighted by molar-refractivity contribution is 6.58. The van der Waals surface area contributed by atoms with Gasteiger partial charge in [0.15, 0.2) is 21.2 Å². The molecular formula is C33H31Cl2FN2O6. The summed E-state index contributed by atoms with van der Waals surface area (Å²) < 4.78 is 19.0. The van der Waals surface area contributed by atoms with Crippen molar-refractivity contribution in [1.82, 2.24) is 4.90 Å². The fraction of sp³-hybridized carbons (Fsp3) is 0.455. The molecule has 4 fully saturated rings. The van der Waals surface area contributed by atoms with Gasteiger partial charge in [-0.1, -0.05) is 37.0 Å². The maximum Gasteiger partial charge on any atom is 0.258 e. The quantitative estimate of drug-likeness (QED) is 0.271. The van der Waals surface area contributed by atoms with Gasteiger partial charge in [0, 0.05) is 12.0 Å². The molecule has 7 rings (SSSR count). The number of rotatable bonds is 4. The smallest absolute Gasteiger partial charge is 0.258 e. The number of imide groups is 2. The molecule has 0 bridgehead atoms. The van der Waals surface area contributed by atoms with Gasteiger partial charge in [-0.25, -0.2) is 9.29 Å². The summed E-state index contributed by atoms with van der Waals surface area (Å²) in [6, 6.07) is 9.33. The third-order valence-corrected chi connectivity index (χ3v) is 11.8. The summed E-state index contributed by atoms with van der Waals surface area (Å²) in [5, 5.41) is 10.8. The van der Waals surface area contributed by atoms with Crippen LogP contribution in [-0.2, 0) is 19.2 Å². The number of carbonyl (C=O) groups excluding carboxylic acids is 4. The summed E-state index contributed by atoms with van der Waals surface area (Å²) in [6.45, 7) is 0. The molecular weight excluding hydrogens is 610 g/mol. The average Bonchev–Trinajstić information content (AvgIpc) is 3.36. The van der Waals surface area contributed by atoms with Crippen molar-refractivity contribution in [3.8, 4) is 11.5 Å². The first kappa shape index (κ1) is 29.3. The van der Waals surface area contributed by atoms with Crippen LogP contribution in [0.3, 0.4) is 0 Å². The van der Waals surface area contributed by atoms with Crippen molar-refractivity contribution in [2.24, 2.45) is 17.8 Å². The third-order valence-electron chi connectivity index (χ3n) is 10.4. The number of aromatic hydroxyl groups is 1. The predicted molar refractivity (Wildman–Crippen MR) is 160 cm³/mol. The Kier molecular flexibility index (Phi) is 6.86. The molecule has 2 saturated heterocycles. The number of likely N-dealkylation sites (tertiary alicyclic amines) is 1. The Morgan fingerprint density at radius 1 is 0.932 bits per heavy atom. The van der Waals surface area contributed by atoms with Gasteiger partial charge in [0.2, 0.25) is 11.8 Å². The highest BCUT2D eigenvalue weighted by Gasteiger charge is 2.76. The second kappa shape index (κ2) is 10.3. The number of methoxy groups -OCH3 is 1. The van der Waals surface area contributed by atoms with Crippen LogP contribution in [-0.4, -0.2) is 56.5 Å². The molecule has 2 heterocycles. The van der Waals surface area contributed by atoms with Crippen LogP contribution in [0.5, 0.6) is 11.5 Å². The van der Waals surface area contributed by atoms with E-state index in [1.54, 1.807) is 6.07 Å². The average molecular weight is 642 g/mol. The van der Waals surface area contributed by atoms with Crippen molar-refractivity contribution in [2.75, 3.05) is 12.0 Å². The molecule has 11 heteroatoms. The summed E-state index contributed by atoms with van der Waals surface area (Å²) in [4.78, 5) is 54.8. The highest BCUT2D eigenvalue weighted by Crippen LogP contribution is 2.66. The number of allylic oxidation sites excluding steroid dienone is 2. The first-order chi connectivity index (χ1) is 21.0. The van der Waals surface area contributed by atoms with Crippen LogP contribution < -0.4 is 9.64 Å². The van der Waals surface area contributed by atoms with Crippen LogP contribution in [0.25, 0.3) is 0 Å². The molecule has 3 aliphatic carbocycles. The lowest BCUT2D eigenvalue weighted by Gasteiger charge is -2.50. The number of hydrogen-bond donors (Lipinski definition) is 1. The van der Waals surface area contributed by atoms with Crippen molar-refractivity contribution < 1.29 is 33.4 Å². The molecule has 4 amide bonds. The van der Waals surface area contributed by atoms with Crippen LogP contribution >= 0.6 is 23.2 Å². The van der Waals surface area contributed by atoms with Gasteiger partial charge in [-0.3, -0.25) is 24.1 Å². The standard InChI is InChI=1S/C33H31Cl2FN2O6/c1-44-25-14-7-17(15-24(25)39)27-21-12-13-22-26(29(41)37(28(22)40)19-5-3-2-4-6-19)23(21)16-32(34)30(42)38(31(43)33(27,32)35)20-10-8-18(36)9-11-20/h7-12,14-15,19,22-23,26-27,39H,2-6,13,16H2,1H3. The normalized spacial score (nSPS) is 33.7. The molecule has 1 N–H and O–H groups in total. The number of alkyl halides is 2. The van der Waals surface area contributed by atoms with Crippen LogP contribution in [0.15, 0.2) is 54.1 Å². The molecule has 0 spiro atoms. The van der Waals surface area contributed by atoms with E-state index in [1.807, 2.05) is 6.08 Å². The largest absolute Gasteiger partial charge is 0.504 e. The molecule has 2 saturated carbocycles. The molecule has 5 aliphatic rings. The van der Waals surface area contributed by atoms with Crippen molar-refractivity contribution in [1.29, 1.82) is 0 Å². The molecule has 6 unspecified atom stereocenters. The summed E-state index contributed by atoms with van der Waals surface area (Å²) >= 11 is 14.7. The van der Waals surface area contributed by atoms with E-state index in [1.165, 1.54) is 36.3 Å². The van der Waals surface area contributed by atoms with E-state index in [0.717, 1.165) is 49.1 Å². The second-order valence-electron chi connectivity index (χ2n) is 12.5. The fourth-order valence-electron chi connectivity index (χ4n) is 8.38. The third kappa shape index (κ3) is 3.87. The van der Waals surface area contributed by atoms with Gasteiger partial charge in [-0.2, -0.15) is 0 Å². The fourth-order valence-corrected chi connectivity index (χ4v) is 9.32. The van der Waals surface area contributed by atoms with E-state index >= 15 is 0 Å². The Balaban J connectivity index is 1.38. The molecule has 8 nitrogen and oxygen atoms in total. The molecule has 2 aromatic rings. The van der Waals surface area contributed by atoms with Gasteiger partial charge >= 0.3 is 0 Å². The number of ether oxygens (including phenoxy) is 1. The summed E-state index contributed by atoms with van der Waals surface area (Å²) in [6.07, 6.45) is 6.48. The minimum atomic E-state index is -2.06. The summed E-state index contributed by atoms with van der Waals surface area (Å²) in [5.41, 5.74) is 1.15. The van der Waals surface area contributed by atoms with Crippen molar-refractivity contribution in [3.05, 3.63) is 65.5 Å². The Hall–Kier alpha value is -3.43. The van der Waals surface area contributed by atoms with Gasteiger partial charge < -0.3 is 9.84 Å². The Bertz CT molecular complexity index is 1620. The van der Waals surface area contributed by atoms with Crippen LogP contribution in [0.1, 0.15) is 56.4 Å². The van der Waals surface area contributed by atoms with Crippen LogP contribution in [0.2, 0.25) is 0 Å².